The lowest BCUT2D eigenvalue weighted by Gasteiger charge is -2.05. The van der Waals surface area contributed by atoms with Gasteiger partial charge in [-0.25, -0.2) is 4.98 Å². The van der Waals surface area contributed by atoms with Crippen LogP contribution in [0.5, 0.6) is 0 Å². The first-order chi connectivity index (χ1) is 15.0. The largest absolute Gasteiger partial charge is 0.342 e. The highest BCUT2D eigenvalue weighted by Gasteiger charge is 2.10. The van der Waals surface area contributed by atoms with Crippen LogP contribution in [0, 0.1) is 6.92 Å². The number of anilines is 2. The fourth-order valence-electron chi connectivity index (χ4n) is 3.38. The number of carbonyl (C=O) groups excluding carboxylic acids is 2. The van der Waals surface area contributed by atoms with Gasteiger partial charge in [0, 0.05) is 30.3 Å². The number of rotatable bonds is 6. The van der Waals surface area contributed by atoms with Gasteiger partial charge in [-0.05, 0) is 61.4 Å². The van der Waals surface area contributed by atoms with E-state index in [9.17, 15) is 9.59 Å². The summed E-state index contributed by atoms with van der Waals surface area (Å²) in [5.41, 5.74) is 6.12. The van der Waals surface area contributed by atoms with Crippen molar-refractivity contribution >= 4 is 34.2 Å². The third kappa shape index (κ3) is 5.17. The fourth-order valence-corrected chi connectivity index (χ4v) is 3.38. The number of carbonyl (C=O) groups is 2. The Bertz CT molecular complexity index is 1220. The number of H-pyrrole nitrogens is 1. The second-order valence-electron chi connectivity index (χ2n) is 7.61. The first kappa shape index (κ1) is 20.3. The Kier molecular flexibility index (Phi) is 5.80. The van der Waals surface area contributed by atoms with Crippen LogP contribution in [0.4, 0.5) is 11.4 Å². The highest BCUT2D eigenvalue weighted by Crippen LogP contribution is 2.18. The summed E-state index contributed by atoms with van der Waals surface area (Å²) < 4.78 is 0. The average molecular weight is 412 g/mol. The summed E-state index contributed by atoms with van der Waals surface area (Å²) in [6.07, 6.45) is 1.57. The van der Waals surface area contributed by atoms with Crippen LogP contribution in [-0.4, -0.2) is 21.8 Å². The van der Waals surface area contributed by atoms with Gasteiger partial charge < -0.3 is 15.6 Å². The number of benzene rings is 3. The molecule has 0 aliphatic carbocycles. The van der Waals surface area contributed by atoms with E-state index in [0.717, 1.165) is 52.2 Å². The number of hydrogen-bond acceptors (Lipinski definition) is 3. The fraction of sp³-hybridized carbons (Fsp3) is 0.160. The molecule has 2 amide bonds. The topological polar surface area (TPSA) is 86.9 Å². The minimum atomic E-state index is -0.152. The Morgan fingerprint density at radius 3 is 2.26 bits per heavy atom. The van der Waals surface area contributed by atoms with E-state index >= 15 is 0 Å². The molecule has 0 saturated carbocycles. The molecule has 0 bridgehead atoms. The van der Waals surface area contributed by atoms with E-state index in [2.05, 4.69) is 20.6 Å². The van der Waals surface area contributed by atoms with Gasteiger partial charge >= 0.3 is 0 Å². The maximum absolute atomic E-state index is 12.6. The Morgan fingerprint density at radius 1 is 0.871 bits per heavy atom. The van der Waals surface area contributed by atoms with Crippen molar-refractivity contribution in [1.82, 2.24) is 9.97 Å². The minimum Gasteiger partial charge on any atom is -0.342 e. The summed E-state index contributed by atoms with van der Waals surface area (Å²) in [5.74, 6) is 0.639. The first-order valence-corrected chi connectivity index (χ1v) is 10.2. The smallest absolute Gasteiger partial charge is 0.255 e. The number of hydrogen-bond donors (Lipinski definition) is 3. The molecule has 0 aliphatic heterocycles. The molecule has 0 unspecified atom stereocenters. The molecule has 4 aromatic rings. The van der Waals surface area contributed by atoms with Crippen LogP contribution in [0.1, 0.15) is 34.2 Å². The maximum atomic E-state index is 12.6. The molecule has 0 radical (unpaired) electrons. The molecule has 6 heteroatoms. The molecule has 3 N–H and O–H groups in total. The van der Waals surface area contributed by atoms with E-state index < -0.39 is 0 Å². The maximum Gasteiger partial charge on any atom is 0.255 e. The summed E-state index contributed by atoms with van der Waals surface area (Å²) in [6, 6.07) is 21.0. The molecule has 3 aromatic carbocycles. The normalized spacial score (nSPS) is 10.8. The molecule has 0 fully saturated rings. The van der Waals surface area contributed by atoms with Crippen molar-refractivity contribution in [2.24, 2.45) is 0 Å². The number of aryl methyl sites for hydroxylation is 3. The van der Waals surface area contributed by atoms with E-state index in [1.807, 2.05) is 67.6 Å². The predicted octanol–water partition coefficient (Wildman–Crippen LogP) is 4.87. The van der Waals surface area contributed by atoms with Gasteiger partial charge in [0.2, 0.25) is 5.91 Å². The molecule has 156 valence electrons. The van der Waals surface area contributed by atoms with Gasteiger partial charge in [0.05, 0.1) is 11.0 Å². The number of imidazole rings is 1. The zero-order valence-electron chi connectivity index (χ0n) is 17.5. The van der Waals surface area contributed by atoms with Gasteiger partial charge in [-0.15, -0.1) is 0 Å². The molecular formula is C25H24N4O2. The average Bonchev–Trinajstić information content (AvgIpc) is 3.16. The Balaban J connectivity index is 1.41. The Labute approximate surface area is 180 Å². The SMILES string of the molecule is CC(=O)Nc1ccc(CCc2nc3ccc(C(=O)Nc4ccc(C)cc4)cc3[nH]2)cc1. The zero-order valence-corrected chi connectivity index (χ0v) is 17.5. The summed E-state index contributed by atoms with van der Waals surface area (Å²) in [5, 5.41) is 5.69. The summed E-state index contributed by atoms with van der Waals surface area (Å²) in [7, 11) is 0. The van der Waals surface area contributed by atoms with Crippen molar-refractivity contribution in [3.05, 3.63) is 89.2 Å². The lowest BCUT2D eigenvalue weighted by atomic mass is 10.1. The molecule has 6 nitrogen and oxygen atoms in total. The van der Waals surface area contributed by atoms with Gasteiger partial charge in [-0.2, -0.15) is 0 Å². The standard InChI is InChI=1S/C25H24N4O2/c1-16-3-9-21(10-4-16)27-25(31)19-8-13-22-23(15-19)29-24(28-22)14-7-18-5-11-20(12-6-18)26-17(2)30/h3-6,8-13,15H,7,14H2,1-2H3,(H,26,30)(H,27,31)(H,28,29). The highest BCUT2D eigenvalue weighted by molar-refractivity contribution is 6.05. The number of nitrogens with one attached hydrogen (secondary N) is 3. The monoisotopic (exact) mass is 412 g/mol. The van der Waals surface area contributed by atoms with Crippen molar-refractivity contribution in [3.8, 4) is 0 Å². The highest BCUT2D eigenvalue weighted by atomic mass is 16.2. The van der Waals surface area contributed by atoms with Crippen LogP contribution in [0.15, 0.2) is 66.7 Å². The van der Waals surface area contributed by atoms with Gasteiger partial charge in [0.1, 0.15) is 5.82 Å². The van der Waals surface area contributed by atoms with Crippen LogP contribution in [0.3, 0.4) is 0 Å². The number of fused-ring (bicyclic) bond motifs is 1. The number of nitrogens with zero attached hydrogens (tertiary/aromatic N) is 1. The summed E-state index contributed by atoms with van der Waals surface area (Å²) in [4.78, 5) is 31.7. The third-order valence-corrected chi connectivity index (χ3v) is 5.03. The molecule has 1 heterocycles. The molecule has 4 rings (SSSR count). The quantitative estimate of drug-likeness (QED) is 0.422. The van der Waals surface area contributed by atoms with Crippen molar-refractivity contribution in [1.29, 1.82) is 0 Å². The van der Waals surface area contributed by atoms with Crippen LogP contribution in [0.25, 0.3) is 11.0 Å². The van der Waals surface area contributed by atoms with Gasteiger partial charge in [0.15, 0.2) is 0 Å². The first-order valence-electron chi connectivity index (χ1n) is 10.2. The van der Waals surface area contributed by atoms with Crippen molar-refractivity contribution in [2.75, 3.05) is 10.6 Å². The zero-order chi connectivity index (χ0) is 21.8. The molecule has 31 heavy (non-hydrogen) atoms. The Hall–Kier alpha value is -3.93. The lowest BCUT2D eigenvalue weighted by molar-refractivity contribution is -0.114. The molecule has 1 aromatic heterocycles. The second kappa shape index (κ2) is 8.83. The van der Waals surface area contributed by atoms with Crippen LogP contribution >= 0.6 is 0 Å². The lowest BCUT2D eigenvalue weighted by Crippen LogP contribution is -2.11. The van der Waals surface area contributed by atoms with Crippen LogP contribution in [-0.2, 0) is 17.6 Å². The predicted molar refractivity (Wildman–Crippen MR) is 123 cm³/mol. The van der Waals surface area contributed by atoms with E-state index in [4.69, 9.17) is 0 Å². The van der Waals surface area contributed by atoms with Crippen molar-refractivity contribution < 1.29 is 9.59 Å². The number of amides is 2. The van der Waals surface area contributed by atoms with Gasteiger partial charge in [-0.1, -0.05) is 29.8 Å². The van der Waals surface area contributed by atoms with Gasteiger partial charge in [0.25, 0.3) is 5.91 Å². The molecular weight excluding hydrogens is 388 g/mol. The third-order valence-electron chi connectivity index (χ3n) is 5.03. The van der Waals surface area contributed by atoms with Gasteiger partial charge in [-0.3, -0.25) is 9.59 Å². The second-order valence-corrected chi connectivity index (χ2v) is 7.61. The summed E-state index contributed by atoms with van der Waals surface area (Å²) >= 11 is 0. The van der Waals surface area contributed by atoms with Crippen LogP contribution in [0.2, 0.25) is 0 Å². The van der Waals surface area contributed by atoms with E-state index in [0.29, 0.717) is 5.56 Å². The van der Waals surface area contributed by atoms with Crippen LogP contribution < -0.4 is 10.6 Å². The van der Waals surface area contributed by atoms with E-state index in [-0.39, 0.29) is 11.8 Å². The van der Waals surface area contributed by atoms with E-state index in [1.54, 1.807) is 6.07 Å². The molecule has 0 aliphatic rings. The molecule has 0 atom stereocenters. The van der Waals surface area contributed by atoms with Crippen molar-refractivity contribution in [2.45, 2.75) is 26.7 Å². The molecule has 0 spiro atoms. The Morgan fingerprint density at radius 2 is 1.55 bits per heavy atom. The molecule has 0 saturated heterocycles. The minimum absolute atomic E-state index is 0.0815. The van der Waals surface area contributed by atoms with Crippen molar-refractivity contribution in [3.63, 3.8) is 0 Å². The number of aromatic nitrogens is 2. The van der Waals surface area contributed by atoms with E-state index in [1.165, 1.54) is 6.92 Å². The summed E-state index contributed by atoms with van der Waals surface area (Å²) in [6.45, 7) is 3.50. The number of aromatic amines is 1.